The molecular formula is C15H19BrClNO. The summed E-state index contributed by atoms with van der Waals surface area (Å²) in [6, 6.07) is 7.87. The largest absolute Gasteiger partial charge is 0.356 e. The number of hydrogen-bond donors (Lipinski definition) is 1. The number of halogens is 2. The summed E-state index contributed by atoms with van der Waals surface area (Å²) in [4.78, 5) is 11.9. The summed E-state index contributed by atoms with van der Waals surface area (Å²) in [6.45, 7) is 0.771. The zero-order valence-electron chi connectivity index (χ0n) is 10.9. The van der Waals surface area contributed by atoms with Crippen LogP contribution < -0.4 is 5.32 Å². The molecule has 0 aliphatic heterocycles. The van der Waals surface area contributed by atoms with Gasteiger partial charge in [0.15, 0.2) is 0 Å². The van der Waals surface area contributed by atoms with Gasteiger partial charge in [-0.25, -0.2) is 0 Å². The maximum atomic E-state index is 11.9. The third kappa shape index (κ3) is 4.50. The van der Waals surface area contributed by atoms with Crippen molar-refractivity contribution in [3.05, 3.63) is 34.3 Å². The van der Waals surface area contributed by atoms with Crippen LogP contribution in [0, 0.1) is 11.8 Å². The molecule has 0 spiro atoms. The van der Waals surface area contributed by atoms with Crippen molar-refractivity contribution in [2.75, 3.05) is 12.4 Å². The van der Waals surface area contributed by atoms with Gasteiger partial charge in [-0.05, 0) is 42.4 Å². The van der Waals surface area contributed by atoms with E-state index in [2.05, 4.69) is 21.2 Å². The first kappa shape index (κ1) is 14.9. The maximum Gasteiger partial charge on any atom is 0.224 e. The Balaban J connectivity index is 1.77. The zero-order chi connectivity index (χ0) is 13.7. The summed E-state index contributed by atoms with van der Waals surface area (Å²) < 4.78 is 1.03. The topological polar surface area (TPSA) is 29.1 Å². The number of hydrogen-bond acceptors (Lipinski definition) is 1. The van der Waals surface area contributed by atoms with E-state index < -0.39 is 0 Å². The highest BCUT2D eigenvalue weighted by molar-refractivity contribution is 9.10. The summed E-state index contributed by atoms with van der Waals surface area (Å²) >= 11 is 9.33. The highest BCUT2D eigenvalue weighted by atomic mass is 79.9. The van der Waals surface area contributed by atoms with Crippen LogP contribution in [0.3, 0.4) is 0 Å². The van der Waals surface area contributed by atoms with E-state index in [9.17, 15) is 4.79 Å². The predicted octanol–water partition coefficient (Wildman–Crippen LogP) is 3.76. The van der Waals surface area contributed by atoms with Crippen molar-refractivity contribution in [2.45, 2.75) is 25.7 Å². The van der Waals surface area contributed by atoms with E-state index in [1.54, 1.807) is 0 Å². The molecule has 1 aliphatic carbocycles. The molecule has 0 saturated heterocycles. The van der Waals surface area contributed by atoms with Crippen LogP contribution in [0.2, 0.25) is 0 Å². The van der Waals surface area contributed by atoms with Crippen LogP contribution in [0.15, 0.2) is 28.7 Å². The number of alkyl halides is 1. The fourth-order valence-electron chi connectivity index (χ4n) is 2.68. The molecule has 1 amide bonds. The second-order valence-electron chi connectivity index (χ2n) is 5.21. The molecule has 0 radical (unpaired) electrons. The summed E-state index contributed by atoms with van der Waals surface area (Å²) in [5.41, 5.74) is 1.04. The van der Waals surface area contributed by atoms with Crippen molar-refractivity contribution in [3.8, 4) is 0 Å². The van der Waals surface area contributed by atoms with Gasteiger partial charge in [-0.3, -0.25) is 4.79 Å². The average Bonchev–Trinajstić information content (AvgIpc) is 2.86. The Morgan fingerprint density at radius 1 is 1.26 bits per heavy atom. The first-order valence-corrected chi connectivity index (χ1v) is 8.09. The normalized spacial score (nSPS) is 22.4. The van der Waals surface area contributed by atoms with E-state index in [4.69, 9.17) is 11.6 Å². The van der Waals surface area contributed by atoms with Crippen LogP contribution in [0.5, 0.6) is 0 Å². The number of benzene rings is 1. The van der Waals surface area contributed by atoms with Crippen molar-refractivity contribution in [1.82, 2.24) is 5.32 Å². The molecular weight excluding hydrogens is 326 g/mol. The molecule has 1 saturated carbocycles. The van der Waals surface area contributed by atoms with Gasteiger partial charge in [0.2, 0.25) is 5.91 Å². The Morgan fingerprint density at radius 2 is 1.95 bits per heavy atom. The number of nitrogens with one attached hydrogen (secondary N) is 1. The highest BCUT2D eigenvalue weighted by Crippen LogP contribution is 2.31. The van der Waals surface area contributed by atoms with Gasteiger partial charge in [-0.15, -0.1) is 11.6 Å². The third-order valence-electron chi connectivity index (χ3n) is 3.85. The number of carbonyl (C=O) groups excluding carboxylic acids is 1. The minimum absolute atomic E-state index is 0.0996. The Hall–Kier alpha value is -0.540. The van der Waals surface area contributed by atoms with Crippen LogP contribution in [0.1, 0.15) is 24.8 Å². The van der Waals surface area contributed by atoms with E-state index in [1.165, 1.54) is 19.3 Å². The maximum absolute atomic E-state index is 11.9. The number of rotatable bonds is 5. The van der Waals surface area contributed by atoms with Crippen LogP contribution in [-0.4, -0.2) is 18.3 Å². The molecule has 0 aromatic heterocycles. The molecule has 2 nitrogen and oxygen atoms in total. The fourth-order valence-corrected chi connectivity index (χ4v) is 3.35. The Bertz CT molecular complexity index is 421. The highest BCUT2D eigenvalue weighted by Gasteiger charge is 2.26. The third-order valence-corrected chi connectivity index (χ3v) is 4.78. The van der Waals surface area contributed by atoms with Crippen LogP contribution in [0.25, 0.3) is 0 Å². The van der Waals surface area contributed by atoms with Crippen molar-refractivity contribution < 1.29 is 4.79 Å². The van der Waals surface area contributed by atoms with Gasteiger partial charge in [-0.1, -0.05) is 34.5 Å². The molecule has 1 aromatic rings. The van der Waals surface area contributed by atoms with Crippen LogP contribution >= 0.6 is 27.5 Å². The van der Waals surface area contributed by atoms with Crippen LogP contribution in [-0.2, 0) is 11.2 Å². The molecule has 0 heterocycles. The second-order valence-corrected chi connectivity index (χ2v) is 6.44. The molecule has 1 fully saturated rings. The predicted molar refractivity (Wildman–Crippen MR) is 82.4 cm³/mol. The molecule has 2 rings (SSSR count). The van der Waals surface area contributed by atoms with E-state index in [-0.39, 0.29) is 5.91 Å². The zero-order valence-corrected chi connectivity index (χ0v) is 13.2. The molecule has 2 atom stereocenters. The molecule has 4 heteroatoms. The quantitative estimate of drug-likeness (QED) is 0.810. The molecule has 1 aromatic carbocycles. The molecule has 19 heavy (non-hydrogen) atoms. The molecule has 1 N–H and O–H groups in total. The standard InChI is InChI=1S/C15H19BrClNO/c16-14-6-4-11(5-7-14)8-15(19)18-10-13-3-1-2-12(13)9-17/h4-7,12-13H,1-3,8-10H2,(H,18,19). The van der Waals surface area contributed by atoms with Crippen molar-refractivity contribution in [1.29, 1.82) is 0 Å². The van der Waals surface area contributed by atoms with Gasteiger partial charge in [-0.2, -0.15) is 0 Å². The lowest BCUT2D eigenvalue weighted by Crippen LogP contribution is -2.32. The minimum atomic E-state index is 0.0996. The lowest BCUT2D eigenvalue weighted by molar-refractivity contribution is -0.120. The van der Waals surface area contributed by atoms with Gasteiger partial charge >= 0.3 is 0 Å². The number of amides is 1. The summed E-state index contributed by atoms with van der Waals surface area (Å²) in [7, 11) is 0. The van der Waals surface area contributed by atoms with Gasteiger partial charge in [0.25, 0.3) is 0 Å². The van der Waals surface area contributed by atoms with Crippen LogP contribution in [0.4, 0.5) is 0 Å². The van der Waals surface area contributed by atoms with Gasteiger partial charge in [0.1, 0.15) is 0 Å². The Labute approximate surface area is 128 Å². The second kappa shape index (κ2) is 7.30. The van der Waals surface area contributed by atoms with Crippen molar-refractivity contribution >= 4 is 33.4 Å². The average molecular weight is 345 g/mol. The van der Waals surface area contributed by atoms with Gasteiger partial charge < -0.3 is 5.32 Å². The summed E-state index contributed by atoms with van der Waals surface area (Å²) in [6.07, 6.45) is 4.09. The van der Waals surface area contributed by atoms with Gasteiger partial charge in [0, 0.05) is 16.9 Å². The fraction of sp³-hybridized carbons (Fsp3) is 0.533. The van der Waals surface area contributed by atoms with E-state index in [0.717, 1.165) is 16.6 Å². The van der Waals surface area contributed by atoms with E-state index in [1.807, 2.05) is 24.3 Å². The van der Waals surface area contributed by atoms with Crippen molar-refractivity contribution in [3.63, 3.8) is 0 Å². The molecule has 1 aliphatic rings. The lowest BCUT2D eigenvalue weighted by Gasteiger charge is -2.17. The molecule has 104 valence electrons. The smallest absolute Gasteiger partial charge is 0.224 e. The monoisotopic (exact) mass is 343 g/mol. The van der Waals surface area contributed by atoms with Crippen molar-refractivity contribution in [2.24, 2.45) is 11.8 Å². The lowest BCUT2D eigenvalue weighted by atomic mass is 9.98. The molecule has 2 unspecified atom stereocenters. The Morgan fingerprint density at radius 3 is 2.63 bits per heavy atom. The first-order chi connectivity index (χ1) is 9.19. The van der Waals surface area contributed by atoms with E-state index in [0.29, 0.717) is 24.1 Å². The summed E-state index contributed by atoms with van der Waals surface area (Å²) in [5.74, 6) is 1.95. The first-order valence-electron chi connectivity index (χ1n) is 6.76. The number of carbonyl (C=O) groups is 1. The SMILES string of the molecule is O=C(Cc1ccc(Br)cc1)NCC1CCCC1CCl. The van der Waals surface area contributed by atoms with Gasteiger partial charge in [0.05, 0.1) is 6.42 Å². The minimum Gasteiger partial charge on any atom is -0.356 e. The Kier molecular flexibility index (Phi) is 5.71. The molecule has 0 bridgehead atoms. The summed E-state index contributed by atoms with van der Waals surface area (Å²) in [5, 5.41) is 3.04. The van der Waals surface area contributed by atoms with E-state index >= 15 is 0 Å².